The van der Waals surface area contributed by atoms with E-state index >= 15 is 0 Å². The summed E-state index contributed by atoms with van der Waals surface area (Å²) in [6.45, 7) is 4.36. The highest BCUT2D eigenvalue weighted by atomic mass is 32.3. The average Bonchev–Trinajstić information content (AvgIpc) is 2.72. The largest absolute Gasteiger partial charge is 0.471 e. The van der Waals surface area contributed by atoms with Crippen LogP contribution in [0.3, 0.4) is 0 Å². The number of alkyl halides is 11. The lowest BCUT2D eigenvalue weighted by Gasteiger charge is -2.31. The van der Waals surface area contributed by atoms with Crippen LogP contribution in [-0.4, -0.2) is 59.1 Å². The number of nitrogens with one attached hydrogen (secondary N) is 1. The number of hydrogen-bond acceptors (Lipinski definition) is 9. The monoisotopic (exact) mass is 653 g/mol. The van der Waals surface area contributed by atoms with Gasteiger partial charge in [0.05, 0.1) is 0 Å². The second kappa shape index (κ2) is 10.0. The molecule has 0 amide bonds. The Hall–Kier alpha value is -2.73. The Morgan fingerprint density at radius 1 is 0.718 bits per heavy atom. The molecule has 1 aromatic rings. The van der Waals surface area contributed by atoms with Crippen molar-refractivity contribution in [2.75, 3.05) is 0 Å². The molecular weight excluding hydrogens is 643 g/mol. The number of rotatable bonds is 11. The molecule has 0 aliphatic heterocycles. The first kappa shape index (κ1) is 34.3. The summed E-state index contributed by atoms with van der Waals surface area (Å²) in [5, 5.41) is -22.3. The van der Waals surface area contributed by atoms with Crippen molar-refractivity contribution in [1.29, 1.82) is 0 Å². The number of halogens is 11. The van der Waals surface area contributed by atoms with Crippen LogP contribution in [0.25, 0.3) is 0 Å². The number of ether oxygens (including phenoxy) is 1. The minimum Gasteiger partial charge on any atom is -0.423 e. The predicted octanol–water partition coefficient (Wildman–Crippen LogP) is 3.10. The summed E-state index contributed by atoms with van der Waals surface area (Å²) in [5.74, 6) is -10.7. The third-order valence-corrected chi connectivity index (χ3v) is 8.75. The minimum absolute atomic E-state index is 0.167. The van der Waals surface area contributed by atoms with E-state index in [-0.39, 0.29) is 5.57 Å². The Kier molecular flexibility index (Phi) is 8.82. The number of benzene rings is 1. The first-order valence-corrected chi connectivity index (χ1v) is 13.1. The van der Waals surface area contributed by atoms with E-state index in [0.717, 1.165) is 0 Å². The van der Waals surface area contributed by atoms with Gasteiger partial charge in [0.15, 0.2) is 0 Å². The summed E-state index contributed by atoms with van der Waals surface area (Å²) >= 11 is 0. The SMILES string of the molecule is C=C(C)C(=O)Oc1ccc(OS(=O)(=O)C(F)(F)C(F)(F)C(F)(F)S(=O)(=O)NS(=O)(=O)C(F)(F)C(F)(F)F)cc1. The molecule has 1 N–H and O–H groups in total. The highest BCUT2D eigenvalue weighted by Crippen LogP contribution is 2.51. The van der Waals surface area contributed by atoms with Crippen molar-refractivity contribution < 1.29 is 87.3 Å². The Labute approximate surface area is 210 Å². The van der Waals surface area contributed by atoms with Crippen LogP contribution in [0.15, 0.2) is 36.4 Å². The van der Waals surface area contributed by atoms with Crippen molar-refractivity contribution in [3.63, 3.8) is 0 Å². The fraction of sp³-hybridized carbons (Fsp3) is 0.400. The lowest BCUT2D eigenvalue weighted by molar-refractivity contribution is -0.246. The molecule has 39 heavy (non-hydrogen) atoms. The van der Waals surface area contributed by atoms with E-state index < -0.39 is 79.6 Å². The van der Waals surface area contributed by atoms with Crippen molar-refractivity contribution >= 4 is 36.1 Å². The van der Waals surface area contributed by atoms with Gasteiger partial charge in [0.2, 0.25) is 0 Å². The molecule has 0 aromatic heterocycles. The molecule has 0 unspecified atom stereocenters. The van der Waals surface area contributed by atoms with Gasteiger partial charge in [-0.15, -0.1) is 0 Å². The molecule has 0 radical (unpaired) electrons. The Bertz CT molecular complexity index is 1450. The van der Waals surface area contributed by atoms with Crippen LogP contribution >= 0.6 is 0 Å². The standard InChI is InChI=1S/C15H10F11NO9S3/c1-7(2)10(28)35-8-3-5-9(6-4-8)36-39(33,34)14(23,24)11(16,17)13(21,22)37(29,30)27-38(31,32)15(25,26)12(18,19)20/h3-6,27H,1H2,2H3. The zero-order valence-electron chi connectivity index (χ0n) is 18.1. The second-order valence-electron chi connectivity index (χ2n) is 6.89. The van der Waals surface area contributed by atoms with Crippen LogP contribution in [0, 0.1) is 0 Å². The van der Waals surface area contributed by atoms with Gasteiger partial charge in [0.25, 0.3) is 20.0 Å². The summed E-state index contributed by atoms with van der Waals surface area (Å²) in [5.41, 5.74) is -0.167. The molecule has 224 valence electrons. The van der Waals surface area contributed by atoms with E-state index in [1.165, 1.54) is 6.92 Å². The maximum absolute atomic E-state index is 14.1. The average molecular weight is 653 g/mol. The van der Waals surface area contributed by atoms with E-state index in [4.69, 9.17) is 0 Å². The molecule has 0 spiro atoms. The van der Waals surface area contributed by atoms with Gasteiger partial charge in [-0.2, -0.15) is 56.7 Å². The van der Waals surface area contributed by atoms with E-state index in [0.29, 0.717) is 24.3 Å². The lowest BCUT2D eigenvalue weighted by Crippen LogP contribution is -2.64. The Morgan fingerprint density at radius 2 is 1.10 bits per heavy atom. The fourth-order valence-electron chi connectivity index (χ4n) is 1.83. The normalized spacial score (nSPS) is 14.6. The number of hydrogen-bond donors (Lipinski definition) is 1. The third-order valence-electron chi connectivity index (χ3n) is 3.86. The van der Waals surface area contributed by atoms with Crippen LogP contribution < -0.4 is 13.0 Å². The molecule has 10 nitrogen and oxygen atoms in total. The third kappa shape index (κ3) is 6.06. The number of carbonyl (C=O) groups excluding carboxylic acids is 1. The van der Waals surface area contributed by atoms with Crippen LogP contribution in [0.2, 0.25) is 0 Å². The van der Waals surface area contributed by atoms with Crippen LogP contribution in [-0.2, 0) is 35.0 Å². The summed E-state index contributed by atoms with van der Waals surface area (Å²) in [6.07, 6.45) is -7.23. The van der Waals surface area contributed by atoms with E-state index in [1.807, 2.05) is 0 Å². The zero-order valence-corrected chi connectivity index (χ0v) is 20.5. The molecule has 0 atom stereocenters. The van der Waals surface area contributed by atoms with Gasteiger partial charge in [-0.3, -0.25) is 0 Å². The van der Waals surface area contributed by atoms with Gasteiger partial charge in [-0.05, 0) is 31.2 Å². The molecule has 1 aromatic carbocycles. The van der Waals surface area contributed by atoms with Crippen molar-refractivity contribution in [3.8, 4) is 11.5 Å². The number of sulfonamides is 2. The molecule has 0 saturated carbocycles. The van der Waals surface area contributed by atoms with Crippen LogP contribution in [0.1, 0.15) is 6.92 Å². The quantitative estimate of drug-likeness (QED) is 0.125. The van der Waals surface area contributed by atoms with Crippen molar-refractivity contribution in [1.82, 2.24) is 4.13 Å². The van der Waals surface area contributed by atoms with Gasteiger partial charge in [-0.1, -0.05) is 10.7 Å². The van der Waals surface area contributed by atoms with Crippen LogP contribution in [0.5, 0.6) is 11.5 Å². The van der Waals surface area contributed by atoms with Gasteiger partial charge < -0.3 is 8.92 Å². The number of carbonyl (C=O) groups is 1. The summed E-state index contributed by atoms with van der Waals surface area (Å²) in [4.78, 5) is 11.3. The van der Waals surface area contributed by atoms with E-state index in [1.54, 1.807) is 0 Å². The number of esters is 1. The van der Waals surface area contributed by atoms with Gasteiger partial charge >= 0.3 is 43.9 Å². The molecule has 0 saturated heterocycles. The summed E-state index contributed by atoms with van der Waals surface area (Å²) < 4.78 is 222. The molecule has 0 heterocycles. The van der Waals surface area contributed by atoms with Crippen molar-refractivity contribution in [2.24, 2.45) is 0 Å². The topological polar surface area (TPSA) is 150 Å². The fourth-order valence-corrected chi connectivity index (χ4v) is 5.57. The predicted molar refractivity (Wildman–Crippen MR) is 103 cm³/mol. The molecule has 24 heteroatoms. The van der Waals surface area contributed by atoms with E-state index in [2.05, 4.69) is 15.5 Å². The maximum Gasteiger partial charge on any atom is 0.471 e. The van der Waals surface area contributed by atoms with Gasteiger partial charge in [0.1, 0.15) is 11.5 Å². The zero-order chi connectivity index (χ0) is 31.3. The molecule has 1 rings (SSSR count). The minimum atomic E-state index is -8.22. The molecule has 0 aliphatic rings. The van der Waals surface area contributed by atoms with Gasteiger partial charge in [0, 0.05) is 5.57 Å². The molecule has 0 aliphatic carbocycles. The Morgan fingerprint density at radius 3 is 1.49 bits per heavy atom. The Balaban J connectivity index is 3.42. The second-order valence-corrected chi connectivity index (χ2v) is 12.2. The van der Waals surface area contributed by atoms with Crippen molar-refractivity contribution in [2.45, 2.75) is 34.8 Å². The molecular formula is C15H10F11NO9S3. The highest BCUT2D eigenvalue weighted by molar-refractivity contribution is 8.05. The summed E-state index contributed by atoms with van der Waals surface area (Å²) in [6, 6.07) is 1.84. The maximum atomic E-state index is 14.1. The van der Waals surface area contributed by atoms with Gasteiger partial charge in [-0.25, -0.2) is 21.6 Å². The van der Waals surface area contributed by atoms with Crippen LogP contribution in [0.4, 0.5) is 48.3 Å². The first-order chi connectivity index (χ1) is 17.0. The molecule has 0 bridgehead atoms. The summed E-state index contributed by atoms with van der Waals surface area (Å²) in [7, 11) is -23.6. The first-order valence-electron chi connectivity index (χ1n) is 8.76. The highest BCUT2D eigenvalue weighted by Gasteiger charge is 2.84. The van der Waals surface area contributed by atoms with E-state index in [9.17, 15) is 78.3 Å². The van der Waals surface area contributed by atoms with Crippen molar-refractivity contribution in [3.05, 3.63) is 36.4 Å². The smallest absolute Gasteiger partial charge is 0.423 e. The molecule has 0 fully saturated rings. The lowest BCUT2D eigenvalue weighted by atomic mass is 10.3.